The minimum Gasteiger partial charge on any atom is -0.439 e. The van der Waals surface area contributed by atoms with Crippen LogP contribution in [0.4, 0.5) is 5.69 Å². The van der Waals surface area contributed by atoms with Crippen molar-refractivity contribution in [1.82, 2.24) is 9.88 Å². The van der Waals surface area contributed by atoms with Gasteiger partial charge in [-0.1, -0.05) is 11.6 Å². The number of ether oxygens (including phenoxy) is 1. The first-order chi connectivity index (χ1) is 10.6. The predicted molar refractivity (Wildman–Crippen MR) is 85.4 cm³/mol. The quantitative estimate of drug-likeness (QED) is 0.941. The molecule has 0 aliphatic carbocycles. The lowest BCUT2D eigenvalue weighted by Crippen LogP contribution is -2.30. The number of rotatable bonds is 4. The first kappa shape index (κ1) is 14.7. The summed E-state index contributed by atoms with van der Waals surface area (Å²) >= 11 is 5.78. The molecule has 3 rings (SSSR count). The molecule has 1 atom stereocenters. The van der Waals surface area contributed by atoms with Crippen LogP contribution in [-0.2, 0) is 4.79 Å². The highest BCUT2D eigenvalue weighted by Gasteiger charge is 2.28. The highest BCUT2D eigenvalue weighted by molar-refractivity contribution is 6.30. The van der Waals surface area contributed by atoms with Crippen molar-refractivity contribution in [2.75, 3.05) is 18.9 Å². The molecule has 0 unspecified atom stereocenters. The van der Waals surface area contributed by atoms with Crippen molar-refractivity contribution >= 4 is 23.2 Å². The van der Waals surface area contributed by atoms with Crippen LogP contribution in [0, 0.1) is 0 Å². The summed E-state index contributed by atoms with van der Waals surface area (Å²) in [5.41, 5.74) is 0.894. The second-order valence-corrected chi connectivity index (χ2v) is 5.62. The molecule has 0 spiro atoms. The summed E-state index contributed by atoms with van der Waals surface area (Å²) in [5, 5.41) is 3.81. The summed E-state index contributed by atoms with van der Waals surface area (Å²) in [6, 6.07) is 10.7. The summed E-state index contributed by atoms with van der Waals surface area (Å²) in [6.45, 7) is 0.792. The fourth-order valence-corrected chi connectivity index (χ4v) is 2.43. The SMILES string of the molecule is CN1CC[C@@H](Nc2ccc(Oc3ccc(Cl)cn3)cc2)C1=O. The largest absolute Gasteiger partial charge is 0.439 e. The van der Waals surface area contributed by atoms with Crippen LogP contribution >= 0.6 is 11.6 Å². The molecule has 5 nitrogen and oxygen atoms in total. The molecule has 22 heavy (non-hydrogen) atoms. The van der Waals surface area contributed by atoms with Gasteiger partial charge in [-0.15, -0.1) is 0 Å². The van der Waals surface area contributed by atoms with Crippen molar-refractivity contribution in [2.45, 2.75) is 12.5 Å². The molecule has 6 heteroatoms. The Morgan fingerprint density at radius 3 is 2.64 bits per heavy atom. The Morgan fingerprint density at radius 2 is 2.05 bits per heavy atom. The van der Waals surface area contributed by atoms with E-state index in [-0.39, 0.29) is 11.9 Å². The van der Waals surface area contributed by atoms with Gasteiger partial charge in [0.05, 0.1) is 5.02 Å². The van der Waals surface area contributed by atoms with Gasteiger partial charge in [0.25, 0.3) is 0 Å². The molecule has 1 amide bonds. The van der Waals surface area contributed by atoms with Crippen LogP contribution in [0.15, 0.2) is 42.6 Å². The molecule has 1 aliphatic rings. The summed E-state index contributed by atoms with van der Waals surface area (Å²) in [5.74, 6) is 1.29. The van der Waals surface area contributed by atoms with E-state index >= 15 is 0 Å². The van der Waals surface area contributed by atoms with E-state index in [1.165, 1.54) is 6.20 Å². The fraction of sp³-hybridized carbons (Fsp3) is 0.250. The average Bonchev–Trinajstić information content (AvgIpc) is 2.84. The van der Waals surface area contributed by atoms with Crippen molar-refractivity contribution < 1.29 is 9.53 Å². The number of nitrogens with one attached hydrogen (secondary N) is 1. The number of nitrogens with zero attached hydrogens (tertiary/aromatic N) is 2. The van der Waals surface area contributed by atoms with E-state index < -0.39 is 0 Å². The molecular formula is C16H16ClN3O2. The summed E-state index contributed by atoms with van der Waals surface area (Å²) < 4.78 is 5.62. The molecule has 0 radical (unpaired) electrons. The predicted octanol–water partition coefficient (Wildman–Crippen LogP) is 3.17. The molecule has 1 N–H and O–H groups in total. The Kier molecular flexibility index (Phi) is 4.15. The number of anilines is 1. The lowest BCUT2D eigenvalue weighted by Gasteiger charge is -2.13. The fourth-order valence-electron chi connectivity index (χ4n) is 2.32. The van der Waals surface area contributed by atoms with E-state index in [0.29, 0.717) is 16.7 Å². The second-order valence-electron chi connectivity index (χ2n) is 5.19. The van der Waals surface area contributed by atoms with Crippen molar-refractivity contribution in [3.63, 3.8) is 0 Å². The third kappa shape index (κ3) is 3.31. The number of pyridine rings is 1. The van der Waals surface area contributed by atoms with E-state index in [0.717, 1.165) is 18.7 Å². The van der Waals surface area contributed by atoms with Gasteiger partial charge in [-0.2, -0.15) is 0 Å². The highest BCUT2D eigenvalue weighted by atomic mass is 35.5. The smallest absolute Gasteiger partial charge is 0.244 e. The number of aromatic nitrogens is 1. The lowest BCUT2D eigenvalue weighted by molar-refractivity contribution is -0.127. The first-order valence-electron chi connectivity index (χ1n) is 7.03. The van der Waals surface area contributed by atoms with Crippen LogP contribution in [0.1, 0.15) is 6.42 Å². The maximum atomic E-state index is 11.9. The van der Waals surface area contributed by atoms with Crippen molar-refractivity contribution in [3.8, 4) is 11.6 Å². The zero-order valence-corrected chi connectivity index (χ0v) is 12.9. The number of amides is 1. The van der Waals surface area contributed by atoms with Crippen molar-refractivity contribution in [3.05, 3.63) is 47.6 Å². The van der Waals surface area contributed by atoms with Crippen LogP contribution in [0.5, 0.6) is 11.6 Å². The van der Waals surface area contributed by atoms with E-state index in [1.54, 1.807) is 17.0 Å². The van der Waals surface area contributed by atoms with E-state index in [4.69, 9.17) is 16.3 Å². The molecular weight excluding hydrogens is 302 g/mol. The van der Waals surface area contributed by atoms with Gasteiger partial charge in [-0.3, -0.25) is 4.79 Å². The van der Waals surface area contributed by atoms with Crippen molar-refractivity contribution in [2.24, 2.45) is 0 Å². The van der Waals surface area contributed by atoms with E-state index in [2.05, 4.69) is 10.3 Å². The highest BCUT2D eigenvalue weighted by Crippen LogP contribution is 2.23. The lowest BCUT2D eigenvalue weighted by atomic mass is 10.2. The Bertz CT molecular complexity index is 658. The van der Waals surface area contributed by atoms with Crippen LogP contribution in [0.25, 0.3) is 0 Å². The number of halogens is 1. The maximum Gasteiger partial charge on any atom is 0.244 e. The molecule has 1 aromatic carbocycles. The number of benzene rings is 1. The van der Waals surface area contributed by atoms with Crippen LogP contribution in [0.2, 0.25) is 5.02 Å². The number of hydrogen-bond donors (Lipinski definition) is 1. The Labute approximate surface area is 133 Å². The molecule has 2 aromatic rings. The van der Waals surface area contributed by atoms with Crippen molar-refractivity contribution in [1.29, 1.82) is 0 Å². The Hall–Kier alpha value is -2.27. The number of likely N-dealkylation sites (N-methyl/N-ethyl adjacent to an activating group) is 1. The third-order valence-electron chi connectivity index (χ3n) is 3.55. The normalized spacial score (nSPS) is 17.6. The third-order valence-corrected chi connectivity index (χ3v) is 3.77. The molecule has 1 saturated heterocycles. The zero-order valence-electron chi connectivity index (χ0n) is 12.1. The number of likely N-dealkylation sites (tertiary alicyclic amines) is 1. The first-order valence-corrected chi connectivity index (χ1v) is 7.40. The number of hydrogen-bond acceptors (Lipinski definition) is 4. The number of carbonyl (C=O) groups is 1. The number of carbonyl (C=O) groups excluding carboxylic acids is 1. The van der Waals surface area contributed by atoms with E-state index in [1.807, 2.05) is 31.3 Å². The van der Waals surface area contributed by atoms with Gasteiger partial charge >= 0.3 is 0 Å². The van der Waals surface area contributed by atoms with Gasteiger partial charge in [0.15, 0.2) is 0 Å². The van der Waals surface area contributed by atoms with Crippen LogP contribution in [-0.4, -0.2) is 35.4 Å². The monoisotopic (exact) mass is 317 g/mol. The van der Waals surface area contributed by atoms with E-state index in [9.17, 15) is 4.79 Å². The second kappa shape index (κ2) is 6.23. The molecule has 0 saturated carbocycles. The van der Waals surface area contributed by atoms with Gasteiger partial charge in [0, 0.05) is 31.5 Å². The Morgan fingerprint density at radius 1 is 1.27 bits per heavy atom. The van der Waals surface area contributed by atoms with Gasteiger partial charge in [0.2, 0.25) is 11.8 Å². The Balaban J connectivity index is 1.63. The molecule has 1 fully saturated rings. The van der Waals surface area contributed by atoms with Crippen LogP contribution in [0.3, 0.4) is 0 Å². The maximum absolute atomic E-state index is 11.9. The topological polar surface area (TPSA) is 54.5 Å². The molecule has 1 aliphatic heterocycles. The van der Waals surface area contributed by atoms with Crippen LogP contribution < -0.4 is 10.1 Å². The van der Waals surface area contributed by atoms with Gasteiger partial charge in [-0.25, -0.2) is 4.98 Å². The van der Waals surface area contributed by atoms with Gasteiger partial charge in [0.1, 0.15) is 11.8 Å². The molecule has 2 heterocycles. The molecule has 1 aromatic heterocycles. The average molecular weight is 318 g/mol. The molecule has 114 valence electrons. The summed E-state index contributed by atoms with van der Waals surface area (Å²) in [4.78, 5) is 17.7. The van der Waals surface area contributed by atoms with Gasteiger partial charge in [-0.05, 0) is 36.8 Å². The minimum absolute atomic E-state index is 0.130. The molecule has 0 bridgehead atoms. The summed E-state index contributed by atoms with van der Waals surface area (Å²) in [6.07, 6.45) is 2.36. The summed E-state index contributed by atoms with van der Waals surface area (Å²) in [7, 11) is 1.82. The minimum atomic E-state index is -0.144. The zero-order chi connectivity index (χ0) is 15.5. The van der Waals surface area contributed by atoms with Gasteiger partial charge < -0.3 is 15.0 Å². The standard InChI is InChI=1S/C16H16ClN3O2/c1-20-9-8-14(16(20)21)19-12-3-5-13(6-4-12)22-15-7-2-11(17)10-18-15/h2-7,10,14,19H,8-9H2,1H3/t14-/m1/s1.